The van der Waals surface area contributed by atoms with Crippen molar-refractivity contribution in [1.82, 2.24) is 14.5 Å². The minimum atomic E-state index is -0.407. The van der Waals surface area contributed by atoms with Gasteiger partial charge >= 0.3 is 5.69 Å². The third-order valence-corrected chi connectivity index (χ3v) is 5.91. The van der Waals surface area contributed by atoms with E-state index >= 15 is 0 Å². The smallest absolute Gasteiger partial charge is 0.307 e. The van der Waals surface area contributed by atoms with Crippen LogP contribution in [0.4, 0.5) is 4.39 Å². The maximum atomic E-state index is 13.0. The van der Waals surface area contributed by atoms with E-state index in [0.717, 1.165) is 13.1 Å². The van der Waals surface area contributed by atoms with Crippen LogP contribution in [-0.4, -0.2) is 50.4 Å². The number of benzene rings is 2. The van der Waals surface area contributed by atoms with Crippen molar-refractivity contribution in [3.8, 4) is 0 Å². The van der Waals surface area contributed by atoms with Crippen LogP contribution in [0.25, 0.3) is 10.9 Å². The maximum Gasteiger partial charge on any atom is 0.328 e. The van der Waals surface area contributed by atoms with E-state index in [1.807, 2.05) is 6.92 Å². The molecular formula is C26H30FN3O9. The van der Waals surface area contributed by atoms with Gasteiger partial charge in [-0.3, -0.25) is 14.2 Å². The Morgan fingerprint density at radius 1 is 1.08 bits per heavy atom. The van der Waals surface area contributed by atoms with Gasteiger partial charge in [0.25, 0.3) is 5.56 Å². The normalized spacial score (nSPS) is 13.4. The number of likely N-dealkylation sites (tertiary alicyclic amines) is 1. The zero-order valence-electron chi connectivity index (χ0n) is 21.2. The molecular weight excluding hydrogens is 517 g/mol. The fraction of sp³-hybridized carbons (Fsp3) is 0.308. The molecule has 1 aliphatic rings. The van der Waals surface area contributed by atoms with Gasteiger partial charge in [-0.15, -0.1) is 5.73 Å². The van der Waals surface area contributed by atoms with Crippen LogP contribution in [0.15, 0.2) is 76.5 Å². The van der Waals surface area contributed by atoms with Crippen molar-refractivity contribution in [2.24, 2.45) is 5.92 Å². The predicted molar refractivity (Wildman–Crippen MR) is 138 cm³/mol. The number of Topliss-reactive ketones (excluding diaryl/α,β-unsaturated/α-hetero) is 1. The first-order chi connectivity index (χ1) is 18.9. The molecule has 1 saturated heterocycles. The second-order valence-corrected chi connectivity index (χ2v) is 8.20. The zero-order valence-corrected chi connectivity index (χ0v) is 21.2. The molecule has 0 amide bonds. The molecule has 0 bridgehead atoms. The molecule has 12 nitrogen and oxygen atoms in total. The van der Waals surface area contributed by atoms with Gasteiger partial charge in [0, 0.05) is 24.6 Å². The number of piperidine rings is 1. The molecule has 0 saturated carbocycles. The van der Waals surface area contributed by atoms with Crippen LogP contribution in [0.1, 0.15) is 30.1 Å². The summed E-state index contributed by atoms with van der Waals surface area (Å²) in [6.45, 7) is 7.49. The van der Waals surface area contributed by atoms with E-state index in [4.69, 9.17) is 10.5 Å². The van der Waals surface area contributed by atoms with Crippen LogP contribution < -0.4 is 11.2 Å². The van der Waals surface area contributed by atoms with Crippen LogP contribution in [0, 0.1) is 11.7 Å². The summed E-state index contributed by atoms with van der Waals surface area (Å²) in [5.41, 5.74) is 2.94. The number of hydrogen-bond acceptors (Lipinski definition) is 10. The predicted octanol–water partition coefficient (Wildman–Crippen LogP) is 3.52. The number of ketones is 1. The third kappa shape index (κ3) is 9.80. The number of aromatic amines is 1. The van der Waals surface area contributed by atoms with Crippen LogP contribution in [-0.2, 0) is 26.7 Å². The first-order valence-electron chi connectivity index (χ1n) is 11.9. The highest BCUT2D eigenvalue weighted by Crippen LogP contribution is 2.22. The first kappa shape index (κ1) is 31.4. The molecule has 13 heteroatoms. The molecule has 3 N–H and O–H groups in total. The molecule has 3 aromatic rings. The highest BCUT2D eigenvalue weighted by Gasteiger charge is 2.25. The fourth-order valence-electron chi connectivity index (χ4n) is 3.94. The Balaban J connectivity index is 0.000000458. The number of fused-ring (bicyclic) bond motifs is 1. The van der Waals surface area contributed by atoms with Gasteiger partial charge in [0.2, 0.25) is 0 Å². The summed E-state index contributed by atoms with van der Waals surface area (Å²) in [6, 6.07) is 12.6. The van der Waals surface area contributed by atoms with Crippen molar-refractivity contribution in [3.05, 3.63) is 99.1 Å². The number of carbonyl (C=O) groups is 1. The molecule has 0 spiro atoms. The standard InChI is InChI=1S/C22H22FN3O3.C4H6.H2O6/c23-17-7-5-15(6-8-17)20(27)16-9-11-25(12-10-16)13-14-26-21(28)18-3-1-2-4-19(18)24-22(26)29;1-3-4-2;1-3-5-6-4-2/h1-8,16H,9-14H2,(H,24,29);4H,1H2,2H3;1-2H. The molecule has 0 unspecified atom stereocenters. The number of hydrogen-bond donors (Lipinski definition) is 3. The average Bonchev–Trinajstić information content (AvgIpc) is 2.97. The van der Waals surface area contributed by atoms with E-state index < -0.39 is 5.69 Å². The van der Waals surface area contributed by atoms with E-state index in [1.165, 1.54) is 28.8 Å². The Bertz CT molecular complexity index is 1340. The number of H-pyrrole nitrogens is 1. The number of nitrogens with one attached hydrogen (secondary N) is 1. The number of carbonyl (C=O) groups excluding carboxylic acids is 1. The van der Waals surface area contributed by atoms with Crippen LogP contribution >= 0.6 is 0 Å². The first-order valence-corrected chi connectivity index (χ1v) is 11.9. The Kier molecular flexibility index (Phi) is 13.7. The van der Waals surface area contributed by atoms with Gasteiger partial charge in [0.15, 0.2) is 5.78 Å². The largest absolute Gasteiger partial charge is 0.328 e. The minimum absolute atomic E-state index is 0.0480. The van der Waals surface area contributed by atoms with Crippen LogP contribution in [0.2, 0.25) is 0 Å². The van der Waals surface area contributed by atoms with Crippen LogP contribution in [0.3, 0.4) is 0 Å². The highest BCUT2D eigenvalue weighted by molar-refractivity contribution is 5.97. The molecule has 2 aromatic carbocycles. The molecule has 1 aromatic heterocycles. The topological polar surface area (TPSA) is 153 Å². The molecule has 210 valence electrons. The molecule has 4 rings (SSSR count). The Hall–Kier alpha value is -3.78. The van der Waals surface area contributed by atoms with Gasteiger partial charge in [-0.2, -0.15) is 0 Å². The molecule has 39 heavy (non-hydrogen) atoms. The van der Waals surface area contributed by atoms with Crippen LogP contribution in [0.5, 0.6) is 0 Å². The average molecular weight is 548 g/mol. The number of halogens is 1. The summed E-state index contributed by atoms with van der Waals surface area (Å²) in [5.74, 6) is -0.384. The summed E-state index contributed by atoms with van der Waals surface area (Å²) in [4.78, 5) is 42.4. The quantitative estimate of drug-likeness (QED) is 0.126. The molecule has 0 radical (unpaired) electrons. The number of aromatic nitrogens is 2. The third-order valence-electron chi connectivity index (χ3n) is 5.91. The highest BCUT2D eigenvalue weighted by atomic mass is 19.1. The lowest BCUT2D eigenvalue weighted by molar-refractivity contribution is -0.749. The van der Waals surface area contributed by atoms with E-state index in [9.17, 15) is 18.8 Å². The summed E-state index contributed by atoms with van der Waals surface area (Å²) >= 11 is 0. The van der Waals surface area contributed by atoms with Gasteiger partial charge in [0.05, 0.1) is 10.9 Å². The molecule has 0 atom stereocenters. The summed E-state index contributed by atoms with van der Waals surface area (Å²) in [7, 11) is 0. The number of allylic oxidation sites excluding steroid dienone is 1. The lowest BCUT2D eigenvalue weighted by atomic mass is 9.89. The molecule has 0 aliphatic carbocycles. The summed E-state index contributed by atoms with van der Waals surface area (Å²) in [6.07, 6.45) is 3.18. The number of rotatable bonds is 8. The van der Waals surface area contributed by atoms with E-state index in [1.54, 1.807) is 30.3 Å². The fourth-order valence-corrected chi connectivity index (χ4v) is 3.94. The van der Waals surface area contributed by atoms with Crippen molar-refractivity contribution < 1.29 is 39.9 Å². The Labute approximate surface area is 222 Å². The van der Waals surface area contributed by atoms with Gasteiger partial charge < -0.3 is 9.88 Å². The van der Waals surface area contributed by atoms with Gasteiger partial charge in [0.1, 0.15) is 5.82 Å². The zero-order chi connectivity index (χ0) is 28.6. The van der Waals surface area contributed by atoms with Crippen molar-refractivity contribution in [3.63, 3.8) is 0 Å². The van der Waals surface area contributed by atoms with Gasteiger partial charge in [-0.25, -0.2) is 19.7 Å². The lowest BCUT2D eigenvalue weighted by Crippen LogP contribution is -2.42. The Morgan fingerprint density at radius 2 is 1.67 bits per heavy atom. The van der Waals surface area contributed by atoms with Crippen molar-refractivity contribution >= 4 is 16.7 Å². The molecule has 1 aliphatic heterocycles. The maximum absolute atomic E-state index is 13.0. The monoisotopic (exact) mass is 547 g/mol. The summed E-state index contributed by atoms with van der Waals surface area (Å²) in [5, 5.41) is 26.5. The van der Waals surface area contributed by atoms with E-state index in [-0.39, 0.29) is 23.1 Å². The number of para-hydroxylation sites is 1. The minimum Gasteiger partial charge on any atom is -0.307 e. The van der Waals surface area contributed by atoms with Crippen molar-refractivity contribution in [1.29, 1.82) is 0 Å². The Morgan fingerprint density at radius 3 is 2.23 bits per heavy atom. The second kappa shape index (κ2) is 16.9. The van der Waals surface area contributed by atoms with Gasteiger partial charge in [-0.05, 0) is 95.5 Å². The number of nitrogens with zero attached hydrogens (tertiary/aromatic N) is 2. The lowest BCUT2D eigenvalue weighted by Gasteiger charge is -2.31. The van der Waals surface area contributed by atoms with Crippen molar-refractivity contribution in [2.75, 3.05) is 19.6 Å². The second-order valence-electron chi connectivity index (χ2n) is 8.20. The summed E-state index contributed by atoms with van der Waals surface area (Å²) < 4.78 is 14.3. The molecule has 1 fully saturated rings. The van der Waals surface area contributed by atoms with E-state index in [0.29, 0.717) is 42.4 Å². The SMILES string of the molecule is C=C=CC.O=C(c1ccc(F)cc1)C1CCN(CCn2c(=O)[nH]c3ccccc3c2=O)CC1.OOOOOO. The molecule has 2 heterocycles. The van der Waals surface area contributed by atoms with Crippen molar-refractivity contribution in [2.45, 2.75) is 26.3 Å². The van der Waals surface area contributed by atoms with Gasteiger partial charge in [-0.1, -0.05) is 18.7 Å². The van der Waals surface area contributed by atoms with E-state index in [2.05, 4.69) is 42.3 Å².